The van der Waals surface area contributed by atoms with Crippen molar-refractivity contribution in [3.8, 4) is 17.2 Å². The van der Waals surface area contributed by atoms with Gasteiger partial charge in [0.1, 0.15) is 17.9 Å². The van der Waals surface area contributed by atoms with Gasteiger partial charge >= 0.3 is 24.1 Å². The Morgan fingerprint density at radius 2 is 1.39 bits per heavy atom. The van der Waals surface area contributed by atoms with Gasteiger partial charge in [0.25, 0.3) is 0 Å². The van der Waals surface area contributed by atoms with Gasteiger partial charge in [0.05, 0.1) is 11.8 Å². The Morgan fingerprint density at radius 3 is 1.95 bits per heavy atom. The van der Waals surface area contributed by atoms with Crippen molar-refractivity contribution in [1.82, 2.24) is 5.32 Å². The molecule has 0 amide bonds. The molecular weight excluding hydrogens is 530 g/mol. The van der Waals surface area contributed by atoms with Crippen LogP contribution < -0.4 is 19.5 Å². The normalized spacial score (nSPS) is 13.8. The quantitative estimate of drug-likeness (QED) is 0.150. The van der Waals surface area contributed by atoms with Crippen LogP contribution in [0.15, 0.2) is 48.5 Å². The Kier molecular flexibility index (Phi) is 13.8. The molecule has 0 spiro atoms. The van der Waals surface area contributed by atoms with E-state index < -0.39 is 36.2 Å². The van der Waals surface area contributed by atoms with Crippen molar-refractivity contribution in [1.29, 1.82) is 0 Å². The second-order valence-corrected chi connectivity index (χ2v) is 10.1. The smallest absolute Gasteiger partial charge is 0.480 e. The minimum atomic E-state index is -1.12. The molecule has 0 aliphatic rings. The number of rotatable bonds is 16. The first-order valence-electron chi connectivity index (χ1n) is 14.0. The summed E-state index contributed by atoms with van der Waals surface area (Å²) in [6.45, 7) is 9.11. The van der Waals surface area contributed by atoms with Gasteiger partial charge in [-0.2, -0.15) is 0 Å². The van der Waals surface area contributed by atoms with Crippen LogP contribution in [-0.2, 0) is 25.5 Å². The first kappa shape index (κ1) is 33.3. The Bertz CT molecular complexity index is 1150. The number of hydrogen-bond acceptors (Lipinski definition) is 9. The van der Waals surface area contributed by atoms with Crippen molar-refractivity contribution in [2.45, 2.75) is 78.9 Å². The molecule has 2 aromatic rings. The first-order chi connectivity index (χ1) is 19.5. The zero-order chi connectivity index (χ0) is 30.4. The molecule has 0 aromatic heterocycles. The van der Waals surface area contributed by atoms with Gasteiger partial charge in [0, 0.05) is 6.54 Å². The van der Waals surface area contributed by atoms with Crippen molar-refractivity contribution >= 4 is 24.1 Å². The average molecular weight is 572 g/mol. The second kappa shape index (κ2) is 17.0. The van der Waals surface area contributed by atoms with E-state index in [0.717, 1.165) is 12.8 Å². The van der Waals surface area contributed by atoms with E-state index in [1.165, 1.54) is 12.1 Å². The van der Waals surface area contributed by atoms with Crippen LogP contribution in [0.1, 0.15) is 65.9 Å². The lowest BCUT2D eigenvalue weighted by Gasteiger charge is -2.19. The summed E-state index contributed by atoms with van der Waals surface area (Å²) >= 11 is 0. The highest BCUT2D eigenvalue weighted by Gasteiger charge is 2.24. The molecule has 2 aromatic carbocycles. The monoisotopic (exact) mass is 571 g/mol. The van der Waals surface area contributed by atoms with Crippen LogP contribution in [-0.4, -0.2) is 47.9 Å². The molecule has 3 unspecified atom stereocenters. The molecule has 0 aliphatic heterocycles. The van der Waals surface area contributed by atoms with Crippen LogP contribution in [0.4, 0.5) is 4.79 Å². The van der Waals surface area contributed by atoms with Gasteiger partial charge in [-0.25, -0.2) is 4.79 Å². The lowest BCUT2D eigenvalue weighted by atomic mass is 10.0. The maximum atomic E-state index is 12.7. The number of benzene rings is 2. The molecule has 0 saturated heterocycles. The molecule has 0 saturated carbocycles. The Balaban J connectivity index is 2.11. The van der Waals surface area contributed by atoms with E-state index in [4.69, 9.17) is 18.9 Å². The highest BCUT2D eigenvalue weighted by Crippen LogP contribution is 2.31. The zero-order valence-corrected chi connectivity index (χ0v) is 24.4. The molecule has 0 heterocycles. The maximum Gasteiger partial charge on any atom is 0.514 e. The first-order valence-corrected chi connectivity index (χ1v) is 14.0. The van der Waals surface area contributed by atoms with Gasteiger partial charge in [0.15, 0.2) is 11.5 Å². The van der Waals surface area contributed by atoms with E-state index in [1.54, 1.807) is 57.2 Å². The summed E-state index contributed by atoms with van der Waals surface area (Å²) in [7, 11) is 0. The van der Waals surface area contributed by atoms with Crippen molar-refractivity contribution in [3.05, 3.63) is 54.1 Å². The fraction of sp³-hybridized carbons (Fsp3) is 0.484. The molecule has 0 radical (unpaired) electrons. The van der Waals surface area contributed by atoms with Gasteiger partial charge in [-0.05, 0) is 56.0 Å². The summed E-state index contributed by atoms with van der Waals surface area (Å²) in [5.41, 5.74) is 0.536. The third kappa shape index (κ3) is 11.6. The number of carbonyl (C=O) groups excluding carboxylic acids is 3. The predicted octanol–water partition coefficient (Wildman–Crippen LogP) is 5.56. The number of carboxylic acid groups (broad SMARTS) is 1. The molecule has 2 rings (SSSR count). The number of nitrogens with one attached hydrogen (secondary N) is 1. The zero-order valence-electron chi connectivity index (χ0n) is 24.4. The molecule has 0 fully saturated rings. The number of esters is 2. The minimum absolute atomic E-state index is 0.0199. The summed E-state index contributed by atoms with van der Waals surface area (Å²) in [5.74, 6) is -2.26. The van der Waals surface area contributed by atoms with E-state index in [-0.39, 0.29) is 36.3 Å². The van der Waals surface area contributed by atoms with Crippen molar-refractivity contribution < 1.29 is 43.2 Å². The van der Waals surface area contributed by atoms with E-state index >= 15 is 0 Å². The fourth-order valence-electron chi connectivity index (χ4n) is 3.97. The van der Waals surface area contributed by atoms with Gasteiger partial charge in [0.2, 0.25) is 0 Å². The van der Waals surface area contributed by atoms with Crippen LogP contribution in [0.3, 0.4) is 0 Å². The van der Waals surface area contributed by atoms with Gasteiger partial charge in [-0.3, -0.25) is 14.4 Å². The lowest BCUT2D eigenvalue weighted by Crippen LogP contribution is -2.42. The number of ether oxygens (including phenoxy) is 4. The summed E-state index contributed by atoms with van der Waals surface area (Å²) in [6, 6.07) is 12.0. The van der Waals surface area contributed by atoms with Crippen LogP contribution >= 0.6 is 0 Å². The summed E-state index contributed by atoms with van der Waals surface area (Å²) in [6.07, 6.45) is 1.32. The van der Waals surface area contributed by atoms with Crippen LogP contribution in [0.2, 0.25) is 0 Å². The third-order valence-corrected chi connectivity index (χ3v) is 6.31. The summed E-state index contributed by atoms with van der Waals surface area (Å²) in [4.78, 5) is 49.3. The van der Waals surface area contributed by atoms with E-state index in [2.05, 4.69) is 5.32 Å². The molecule has 4 atom stereocenters. The maximum absolute atomic E-state index is 12.7. The molecule has 0 bridgehead atoms. The third-order valence-electron chi connectivity index (χ3n) is 6.31. The fourth-order valence-corrected chi connectivity index (χ4v) is 3.97. The van der Waals surface area contributed by atoms with E-state index in [1.807, 2.05) is 13.8 Å². The highest BCUT2D eigenvalue weighted by molar-refractivity contribution is 5.78. The van der Waals surface area contributed by atoms with Crippen LogP contribution in [0, 0.1) is 11.8 Å². The Hall–Kier alpha value is -3.92. The van der Waals surface area contributed by atoms with Crippen molar-refractivity contribution in [2.75, 3.05) is 6.54 Å². The lowest BCUT2D eigenvalue weighted by molar-refractivity contribution is -0.141. The molecule has 2 N–H and O–H groups in total. The van der Waals surface area contributed by atoms with Crippen molar-refractivity contribution in [3.63, 3.8) is 0 Å². The topological polar surface area (TPSA) is 137 Å². The minimum Gasteiger partial charge on any atom is -0.480 e. The molecule has 0 aliphatic carbocycles. The summed E-state index contributed by atoms with van der Waals surface area (Å²) < 4.78 is 21.5. The van der Waals surface area contributed by atoms with E-state index in [9.17, 15) is 24.3 Å². The van der Waals surface area contributed by atoms with Gasteiger partial charge in [-0.1, -0.05) is 64.8 Å². The van der Waals surface area contributed by atoms with E-state index in [0.29, 0.717) is 24.2 Å². The number of aliphatic carboxylic acids is 1. The van der Waals surface area contributed by atoms with Crippen molar-refractivity contribution in [2.24, 2.45) is 11.8 Å². The number of hydrogen-bond donors (Lipinski definition) is 2. The summed E-state index contributed by atoms with van der Waals surface area (Å²) in [5, 5.41) is 12.7. The molecule has 10 nitrogen and oxygen atoms in total. The number of carbonyl (C=O) groups is 4. The largest absolute Gasteiger partial charge is 0.514 e. The van der Waals surface area contributed by atoms with Gasteiger partial charge < -0.3 is 29.4 Å². The van der Waals surface area contributed by atoms with Crippen LogP contribution in [0.5, 0.6) is 17.2 Å². The van der Waals surface area contributed by atoms with Gasteiger partial charge in [-0.15, -0.1) is 0 Å². The molecule has 10 heteroatoms. The number of para-hydroxylation sites is 1. The van der Waals surface area contributed by atoms with Crippen LogP contribution in [0.25, 0.3) is 0 Å². The SMILES string of the molecule is CCCC(C)C(=O)Oc1ccc(C[C@H](NCC(C)OC(=O)Oc2ccccc2)C(=O)O)cc1OC(=O)C(C)CCC. The standard InChI is InChI=1S/C31H41NO9/c1-6-11-20(3)29(35)40-26-16-15-23(18-27(26)41-30(36)21(4)12-7-2)17-25(28(33)34)32-19-22(5)38-31(37)39-24-13-9-8-10-14-24/h8-10,13-16,18,20-22,25,32H,6-7,11-12,17,19H2,1-5H3,(H,33,34)/t20?,21?,22?,25-/m0/s1. The number of carboxylic acids is 1. The Morgan fingerprint density at radius 1 is 0.805 bits per heavy atom. The second-order valence-electron chi connectivity index (χ2n) is 10.1. The molecule has 41 heavy (non-hydrogen) atoms. The molecular formula is C31H41NO9. The predicted molar refractivity (Wildman–Crippen MR) is 152 cm³/mol. The molecule has 224 valence electrons. The Labute approximate surface area is 241 Å². The average Bonchev–Trinajstić information content (AvgIpc) is 2.92. The highest BCUT2D eigenvalue weighted by atomic mass is 16.7.